The van der Waals surface area contributed by atoms with Crippen molar-refractivity contribution in [3.63, 3.8) is 0 Å². The number of hydrogen-bond donors (Lipinski definition) is 1. The van der Waals surface area contributed by atoms with Crippen molar-refractivity contribution in [3.8, 4) is 0 Å². The van der Waals surface area contributed by atoms with Crippen molar-refractivity contribution < 1.29 is 4.90 Å². The van der Waals surface area contributed by atoms with Crippen LogP contribution in [0.4, 0.5) is 0 Å². The van der Waals surface area contributed by atoms with Crippen molar-refractivity contribution in [2.75, 3.05) is 13.1 Å². The Balaban J connectivity index is 2.11. The van der Waals surface area contributed by atoms with E-state index in [-0.39, 0.29) is 0 Å². The average Bonchev–Trinajstić information content (AvgIpc) is 2.68. The molecule has 0 aromatic heterocycles. The Hall–Kier alpha value is -1.80. The van der Waals surface area contributed by atoms with E-state index in [1.165, 1.54) is 0 Å². The first-order valence-corrected chi connectivity index (χ1v) is 9.85. The maximum absolute atomic E-state index is 6.54. The summed E-state index contributed by atoms with van der Waals surface area (Å²) in [5, 5.41) is 1.40. The molecule has 0 saturated carbocycles. The molecule has 0 unspecified atom stereocenters. The molecule has 0 radical (unpaired) electrons. The first-order chi connectivity index (χ1) is 12.6. The van der Waals surface area contributed by atoms with Crippen LogP contribution in [0.5, 0.6) is 0 Å². The van der Waals surface area contributed by atoms with E-state index in [0.717, 1.165) is 35.4 Å². The Bertz CT molecular complexity index is 830. The molecule has 2 aromatic carbocycles. The molecule has 0 bridgehead atoms. The largest absolute Gasteiger partial charge is 0.326 e. The van der Waals surface area contributed by atoms with Crippen molar-refractivity contribution in [3.05, 3.63) is 99.6 Å². The lowest BCUT2D eigenvalue weighted by Gasteiger charge is -2.24. The third-order valence-corrected chi connectivity index (χ3v) is 5.46. The van der Waals surface area contributed by atoms with E-state index in [4.69, 9.17) is 23.2 Å². The van der Waals surface area contributed by atoms with Gasteiger partial charge in [-0.2, -0.15) is 0 Å². The molecule has 26 heavy (non-hydrogen) atoms. The zero-order valence-corrected chi connectivity index (χ0v) is 16.7. The van der Waals surface area contributed by atoms with E-state index in [2.05, 4.69) is 50.3 Å². The van der Waals surface area contributed by atoms with Gasteiger partial charge in [0.15, 0.2) is 0 Å². The highest BCUT2D eigenvalue weighted by Gasteiger charge is 2.19. The van der Waals surface area contributed by atoms with Crippen LogP contribution in [0.1, 0.15) is 25.0 Å². The standard InChI is InChI=1S/C23H23Cl2N/c1-3-26(4-2)20-13-10-18(11-14-20)23(17-8-6-5-7-9-17)21-16-19(24)12-15-22(21)25/h5-16,20H,3-4H2,1-2H3/p+1. The molecule has 2 aromatic rings. The van der Waals surface area contributed by atoms with Crippen LogP contribution < -0.4 is 4.90 Å². The quantitative estimate of drug-likeness (QED) is 0.720. The summed E-state index contributed by atoms with van der Waals surface area (Å²) in [6.45, 7) is 6.68. The Morgan fingerprint density at radius 3 is 2.19 bits per heavy atom. The van der Waals surface area contributed by atoms with Crippen LogP contribution >= 0.6 is 23.2 Å². The fourth-order valence-electron chi connectivity index (χ4n) is 3.47. The summed E-state index contributed by atoms with van der Waals surface area (Å²) in [6, 6.07) is 16.4. The Kier molecular flexibility index (Phi) is 6.37. The molecule has 1 aliphatic carbocycles. The van der Waals surface area contributed by atoms with Gasteiger partial charge in [-0.25, -0.2) is 0 Å². The summed E-state index contributed by atoms with van der Waals surface area (Å²) < 4.78 is 0. The number of hydrogen-bond acceptors (Lipinski definition) is 0. The second-order valence-corrected chi connectivity index (χ2v) is 7.27. The average molecular weight is 385 g/mol. The molecule has 0 heterocycles. The van der Waals surface area contributed by atoms with Gasteiger partial charge in [-0.3, -0.25) is 0 Å². The van der Waals surface area contributed by atoms with E-state index < -0.39 is 0 Å². The third-order valence-electron chi connectivity index (χ3n) is 4.89. The Morgan fingerprint density at radius 1 is 0.923 bits per heavy atom. The lowest BCUT2D eigenvalue weighted by molar-refractivity contribution is -0.908. The molecule has 0 amide bonds. The second-order valence-electron chi connectivity index (χ2n) is 6.43. The van der Waals surface area contributed by atoms with Crippen LogP contribution in [0.3, 0.4) is 0 Å². The van der Waals surface area contributed by atoms with Crippen LogP contribution in [0.25, 0.3) is 5.57 Å². The van der Waals surface area contributed by atoms with Crippen LogP contribution in [0.15, 0.2) is 78.4 Å². The molecule has 1 aliphatic rings. The molecule has 0 spiro atoms. The van der Waals surface area contributed by atoms with E-state index in [1.807, 2.05) is 36.4 Å². The molecule has 1 nitrogen and oxygen atoms in total. The van der Waals surface area contributed by atoms with Crippen LogP contribution in [-0.2, 0) is 0 Å². The highest BCUT2D eigenvalue weighted by molar-refractivity contribution is 6.34. The lowest BCUT2D eigenvalue weighted by Crippen LogP contribution is -3.14. The smallest absolute Gasteiger partial charge is 0.125 e. The number of nitrogens with one attached hydrogen (secondary N) is 1. The Morgan fingerprint density at radius 2 is 1.58 bits per heavy atom. The van der Waals surface area contributed by atoms with Gasteiger partial charge in [0.05, 0.1) is 13.1 Å². The first-order valence-electron chi connectivity index (χ1n) is 9.10. The SMILES string of the molecule is CC[NH+](CC)C1C=CC(=C(c2ccccc2)c2cc(Cl)ccc2Cl)C=C1. The van der Waals surface area contributed by atoms with Gasteiger partial charge in [0.25, 0.3) is 0 Å². The zero-order chi connectivity index (χ0) is 18.5. The van der Waals surface area contributed by atoms with Gasteiger partial charge < -0.3 is 4.90 Å². The molecule has 1 N–H and O–H groups in total. The highest BCUT2D eigenvalue weighted by Crippen LogP contribution is 2.35. The summed E-state index contributed by atoms with van der Waals surface area (Å²) in [5.74, 6) is 0. The van der Waals surface area contributed by atoms with Gasteiger partial charge in [0, 0.05) is 15.6 Å². The topological polar surface area (TPSA) is 4.44 Å². The summed E-state index contributed by atoms with van der Waals surface area (Å²) in [4.78, 5) is 1.55. The zero-order valence-electron chi connectivity index (χ0n) is 15.2. The number of allylic oxidation sites excluding steroid dienone is 3. The van der Waals surface area contributed by atoms with Crippen LogP contribution in [-0.4, -0.2) is 19.1 Å². The predicted molar refractivity (Wildman–Crippen MR) is 113 cm³/mol. The summed E-state index contributed by atoms with van der Waals surface area (Å²) in [6.07, 6.45) is 9.02. The molecule has 3 rings (SSSR count). The maximum Gasteiger partial charge on any atom is 0.125 e. The fraction of sp³-hybridized carbons (Fsp3) is 0.217. The molecular formula is C23H24Cl2N+. The number of benzene rings is 2. The monoisotopic (exact) mass is 384 g/mol. The minimum absolute atomic E-state index is 0.417. The summed E-state index contributed by atoms with van der Waals surface area (Å²) >= 11 is 12.8. The van der Waals surface area contributed by atoms with Crippen molar-refractivity contribution >= 4 is 28.8 Å². The third kappa shape index (κ3) is 4.12. The van der Waals surface area contributed by atoms with Gasteiger partial charge in [0.1, 0.15) is 6.04 Å². The van der Waals surface area contributed by atoms with Crippen LogP contribution in [0.2, 0.25) is 10.0 Å². The summed E-state index contributed by atoms with van der Waals surface area (Å²) in [7, 11) is 0. The fourth-order valence-corrected chi connectivity index (χ4v) is 3.85. The predicted octanol–water partition coefficient (Wildman–Crippen LogP) is 5.21. The van der Waals surface area contributed by atoms with E-state index >= 15 is 0 Å². The number of quaternary nitrogens is 1. The minimum atomic E-state index is 0.417. The highest BCUT2D eigenvalue weighted by atomic mass is 35.5. The molecule has 0 fully saturated rings. The van der Waals surface area contributed by atoms with Crippen LogP contribution in [0, 0.1) is 0 Å². The van der Waals surface area contributed by atoms with Gasteiger partial charge in [-0.15, -0.1) is 0 Å². The maximum atomic E-state index is 6.54. The van der Waals surface area contributed by atoms with Gasteiger partial charge >= 0.3 is 0 Å². The number of halogens is 2. The second kappa shape index (κ2) is 8.73. The van der Waals surface area contributed by atoms with Crippen molar-refractivity contribution in [2.45, 2.75) is 19.9 Å². The molecule has 134 valence electrons. The van der Waals surface area contributed by atoms with Crippen molar-refractivity contribution in [1.82, 2.24) is 0 Å². The van der Waals surface area contributed by atoms with E-state index in [1.54, 1.807) is 4.90 Å². The molecule has 0 saturated heterocycles. The first kappa shape index (κ1) is 19.0. The molecule has 0 atom stereocenters. The number of rotatable bonds is 5. The number of likely N-dealkylation sites (N-methyl/N-ethyl adjacent to an activating group) is 1. The molecule has 3 heteroatoms. The van der Waals surface area contributed by atoms with E-state index in [0.29, 0.717) is 16.1 Å². The van der Waals surface area contributed by atoms with Crippen molar-refractivity contribution in [1.29, 1.82) is 0 Å². The van der Waals surface area contributed by atoms with E-state index in [9.17, 15) is 0 Å². The lowest BCUT2D eigenvalue weighted by atomic mass is 9.90. The molecular weight excluding hydrogens is 361 g/mol. The van der Waals surface area contributed by atoms with Gasteiger partial charge in [-0.1, -0.05) is 65.7 Å². The van der Waals surface area contributed by atoms with Gasteiger partial charge in [-0.05, 0) is 60.9 Å². The summed E-state index contributed by atoms with van der Waals surface area (Å²) in [5.41, 5.74) is 4.36. The minimum Gasteiger partial charge on any atom is -0.326 e. The van der Waals surface area contributed by atoms with Crippen molar-refractivity contribution in [2.24, 2.45) is 0 Å². The Labute approximate surface area is 166 Å². The normalized spacial score (nSPS) is 16.3. The van der Waals surface area contributed by atoms with Gasteiger partial charge in [0.2, 0.25) is 0 Å². The molecule has 0 aliphatic heterocycles.